The summed E-state index contributed by atoms with van der Waals surface area (Å²) in [6.45, 7) is 1.32. The Morgan fingerprint density at radius 3 is 2.53 bits per heavy atom. The molecule has 0 radical (unpaired) electrons. The molecular formula is C25H26O11. The van der Waals surface area contributed by atoms with E-state index >= 15 is 0 Å². The highest BCUT2D eigenvalue weighted by atomic mass is 16.7. The number of aliphatic hydroxyl groups excluding tert-OH is 3. The summed E-state index contributed by atoms with van der Waals surface area (Å²) in [4.78, 5) is 11.1. The van der Waals surface area contributed by atoms with Crippen LogP contribution in [0.15, 0.2) is 30.3 Å². The van der Waals surface area contributed by atoms with Gasteiger partial charge < -0.3 is 48.5 Å². The highest BCUT2D eigenvalue weighted by Crippen LogP contribution is 2.43. The molecule has 0 spiro atoms. The van der Waals surface area contributed by atoms with E-state index < -0.39 is 36.7 Å². The topological polar surface area (TPSA) is 142 Å². The van der Waals surface area contributed by atoms with Gasteiger partial charge in [0.25, 0.3) is 0 Å². The number of aliphatic hydroxyl groups is 3. The monoisotopic (exact) mass is 502 g/mol. The molecule has 0 aromatic heterocycles. The Bertz CT molecular complexity index is 1180. The van der Waals surface area contributed by atoms with E-state index in [0.717, 1.165) is 16.7 Å². The van der Waals surface area contributed by atoms with E-state index in [1.54, 1.807) is 31.4 Å². The molecule has 0 aliphatic carbocycles. The average Bonchev–Trinajstić information content (AvgIpc) is 3.34. The fourth-order valence-electron chi connectivity index (χ4n) is 4.20. The van der Waals surface area contributed by atoms with Crippen LogP contribution in [0.1, 0.15) is 18.1 Å². The van der Waals surface area contributed by atoms with Crippen molar-refractivity contribution in [3.05, 3.63) is 41.5 Å². The van der Waals surface area contributed by atoms with Crippen LogP contribution in [0.3, 0.4) is 0 Å². The molecule has 11 heteroatoms. The molecule has 5 rings (SSSR count). The Morgan fingerprint density at radius 2 is 1.78 bits per heavy atom. The van der Waals surface area contributed by atoms with Gasteiger partial charge in [-0.1, -0.05) is 0 Å². The van der Waals surface area contributed by atoms with E-state index in [1.165, 1.54) is 6.92 Å². The minimum Gasteiger partial charge on any atom is -0.496 e. The van der Waals surface area contributed by atoms with Gasteiger partial charge in [0.1, 0.15) is 54.9 Å². The summed E-state index contributed by atoms with van der Waals surface area (Å²) < 4.78 is 38.6. The maximum absolute atomic E-state index is 11.1. The number of hydrogen-bond donors (Lipinski definition) is 3. The molecule has 2 aromatic carbocycles. The average molecular weight is 502 g/mol. The third kappa shape index (κ3) is 4.65. The van der Waals surface area contributed by atoms with Crippen molar-refractivity contribution < 1.29 is 53.3 Å². The number of rotatable bonds is 6. The molecule has 3 aliphatic heterocycles. The first-order valence-corrected chi connectivity index (χ1v) is 11.3. The van der Waals surface area contributed by atoms with Crippen molar-refractivity contribution in [1.29, 1.82) is 0 Å². The number of carbonyl (C=O) groups is 1. The van der Waals surface area contributed by atoms with Gasteiger partial charge in [-0.05, 0) is 24.3 Å². The molecule has 0 amide bonds. The van der Waals surface area contributed by atoms with Gasteiger partial charge in [0.15, 0.2) is 11.5 Å². The summed E-state index contributed by atoms with van der Waals surface area (Å²) in [5.74, 6) is 2.16. The maximum Gasteiger partial charge on any atom is 0.302 e. The number of benzene rings is 2. The lowest BCUT2D eigenvalue weighted by atomic mass is 9.99. The molecular weight excluding hydrogens is 476 g/mol. The second kappa shape index (κ2) is 9.86. The number of hydrogen-bond acceptors (Lipinski definition) is 11. The molecule has 3 heterocycles. The van der Waals surface area contributed by atoms with Crippen LogP contribution in [0.5, 0.6) is 28.7 Å². The molecule has 11 nitrogen and oxygen atoms in total. The molecule has 0 saturated carbocycles. The van der Waals surface area contributed by atoms with Gasteiger partial charge in [-0.2, -0.15) is 0 Å². The van der Waals surface area contributed by atoms with E-state index in [0.29, 0.717) is 28.7 Å². The van der Waals surface area contributed by atoms with Crippen LogP contribution in [0.2, 0.25) is 0 Å². The largest absolute Gasteiger partial charge is 0.496 e. The van der Waals surface area contributed by atoms with Crippen LogP contribution in [-0.2, 0) is 14.3 Å². The highest BCUT2D eigenvalue weighted by Gasteiger charge is 2.45. The van der Waals surface area contributed by atoms with Crippen molar-refractivity contribution in [2.75, 3.05) is 27.1 Å². The van der Waals surface area contributed by atoms with E-state index in [-0.39, 0.29) is 20.0 Å². The van der Waals surface area contributed by atoms with Gasteiger partial charge in [0, 0.05) is 35.8 Å². The smallest absolute Gasteiger partial charge is 0.302 e. The van der Waals surface area contributed by atoms with Gasteiger partial charge in [-0.15, -0.1) is 0 Å². The zero-order chi connectivity index (χ0) is 25.4. The first-order chi connectivity index (χ1) is 17.3. The van der Waals surface area contributed by atoms with Gasteiger partial charge in [-0.25, -0.2) is 0 Å². The number of ether oxygens (including phenoxy) is 7. The summed E-state index contributed by atoms with van der Waals surface area (Å²) >= 11 is 0. The lowest BCUT2D eigenvalue weighted by molar-refractivity contribution is -0.278. The Balaban J connectivity index is 1.34. The van der Waals surface area contributed by atoms with Crippen LogP contribution in [-0.4, -0.2) is 79.1 Å². The summed E-state index contributed by atoms with van der Waals surface area (Å²) in [5, 5.41) is 30.7. The zero-order valence-electron chi connectivity index (χ0n) is 19.6. The Morgan fingerprint density at radius 1 is 1.00 bits per heavy atom. The highest BCUT2D eigenvalue weighted by molar-refractivity contribution is 5.88. The quantitative estimate of drug-likeness (QED) is 0.489. The summed E-state index contributed by atoms with van der Waals surface area (Å²) in [5.41, 5.74) is 2.48. The normalized spacial score (nSPS) is 26.4. The predicted octanol–water partition coefficient (Wildman–Crippen LogP) is 1.11. The van der Waals surface area contributed by atoms with Crippen LogP contribution in [0.4, 0.5) is 0 Å². The molecule has 5 unspecified atom stereocenters. The van der Waals surface area contributed by atoms with Crippen LogP contribution in [0, 0.1) is 0 Å². The standard InChI is InChI=1S/C25H26O11/c1-12(26)31-10-21-22(27)23(28)24(29)25(36-21)35-15-4-3-13-5-14(9-32-17(13)6-15)16-7-19-20(34-11-33-19)8-18(16)30-2/h3-8,21-25,27-29H,9-11H2,1-2H3. The molecule has 192 valence electrons. The van der Waals surface area contributed by atoms with E-state index in [1.807, 2.05) is 12.1 Å². The molecule has 1 saturated heterocycles. The van der Waals surface area contributed by atoms with Gasteiger partial charge in [0.05, 0.1) is 7.11 Å². The number of carbonyl (C=O) groups excluding carboxylic acids is 1. The molecule has 36 heavy (non-hydrogen) atoms. The zero-order valence-corrected chi connectivity index (χ0v) is 19.6. The molecule has 2 aromatic rings. The minimum absolute atomic E-state index is 0.156. The first kappa shape index (κ1) is 24.2. The van der Waals surface area contributed by atoms with Crippen molar-refractivity contribution in [2.24, 2.45) is 0 Å². The molecule has 0 bridgehead atoms. The Kier molecular flexibility index (Phi) is 6.63. The van der Waals surface area contributed by atoms with Crippen LogP contribution >= 0.6 is 0 Å². The molecule has 3 N–H and O–H groups in total. The van der Waals surface area contributed by atoms with Crippen molar-refractivity contribution in [1.82, 2.24) is 0 Å². The molecule has 3 aliphatic rings. The van der Waals surface area contributed by atoms with Crippen molar-refractivity contribution in [3.63, 3.8) is 0 Å². The second-order valence-electron chi connectivity index (χ2n) is 8.50. The van der Waals surface area contributed by atoms with E-state index in [2.05, 4.69) is 0 Å². The lowest BCUT2D eigenvalue weighted by Crippen LogP contribution is -2.60. The SMILES string of the molecule is COc1cc2c(cc1C1=Cc3ccc(OC4OC(COC(C)=O)C(O)C(O)C4O)cc3OC1)OCO2. The molecule has 1 fully saturated rings. The fraction of sp³-hybridized carbons (Fsp3) is 0.400. The van der Waals surface area contributed by atoms with Crippen molar-refractivity contribution >= 4 is 17.6 Å². The van der Waals surface area contributed by atoms with Crippen molar-refractivity contribution in [3.8, 4) is 28.7 Å². The Labute approximate surface area is 206 Å². The molecule has 5 atom stereocenters. The second-order valence-corrected chi connectivity index (χ2v) is 8.50. The third-order valence-electron chi connectivity index (χ3n) is 6.11. The van der Waals surface area contributed by atoms with Crippen LogP contribution in [0.25, 0.3) is 11.6 Å². The lowest BCUT2D eigenvalue weighted by Gasteiger charge is -2.39. The first-order valence-electron chi connectivity index (χ1n) is 11.3. The van der Waals surface area contributed by atoms with Crippen molar-refractivity contribution in [2.45, 2.75) is 37.6 Å². The summed E-state index contributed by atoms with van der Waals surface area (Å²) in [7, 11) is 1.58. The van der Waals surface area contributed by atoms with E-state index in [4.69, 9.17) is 33.2 Å². The van der Waals surface area contributed by atoms with E-state index in [9.17, 15) is 20.1 Å². The number of esters is 1. The third-order valence-corrected chi connectivity index (χ3v) is 6.11. The van der Waals surface area contributed by atoms with Crippen LogP contribution < -0.4 is 23.7 Å². The maximum atomic E-state index is 11.1. The fourth-order valence-corrected chi connectivity index (χ4v) is 4.20. The Hall–Kier alpha value is -3.51. The van der Waals surface area contributed by atoms with Gasteiger partial charge >= 0.3 is 5.97 Å². The summed E-state index contributed by atoms with van der Waals surface area (Å²) in [6, 6.07) is 8.70. The summed E-state index contributed by atoms with van der Waals surface area (Å²) in [6.07, 6.45) is -4.97. The minimum atomic E-state index is -1.56. The number of methoxy groups -OCH3 is 1. The van der Waals surface area contributed by atoms with Gasteiger partial charge in [-0.3, -0.25) is 4.79 Å². The predicted molar refractivity (Wildman–Crippen MR) is 123 cm³/mol. The number of fused-ring (bicyclic) bond motifs is 2. The van der Waals surface area contributed by atoms with Gasteiger partial charge in [0.2, 0.25) is 13.1 Å².